The van der Waals surface area contributed by atoms with Gasteiger partial charge in [-0.2, -0.15) is 0 Å². The molecule has 1 heterocycles. The summed E-state index contributed by atoms with van der Waals surface area (Å²) < 4.78 is 5.10. The lowest BCUT2D eigenvalue weighted by atomic mass is 10.1. The van der Waals surface area contributed by atoms with E-state index >= 15 is 0 Å². The summed E-state index contributed by atoms with van der Waals surface area (Å²) in [6.07, 6.45) is 4.12. The van der Waals surface area contributed by atoms with Crippen LogP contribution in [-0.2, 0) is 6.54 Å². The van der Waals surface area contributed by atoms with Crippen LogP contribution in [0.1, 0.15) is 36.8 Å². The van der Waals surface area contributed by atoms with Crippen LogP contribution < -0.4 is 5.32 Å². The van der Waals surface area contributed by atoms with E-state index in [2.05, 4.69) is 24.0 Å². The molecule has 3 nitrogen and oxygen atoms in total. The van der Waals surface area contributed by atoms with Gasteiger partial charge in [0, 0.05) is 18.2 Å². The molecular weight excluding hydrogens is 188 g/mol. The second kappa shape index (κ2) is 5.71. The average Bonchev–Trinajstić information content (AvgIpc) is 2.53. The number of allylic oxidation sites excluding steroid dienone is 1. The van der Waals surface area contributed by atoms with Crippen molar-refractivity contribution in [3.63, 3.8) is 0 Å². The first-order chi connectivity index (χ1) is 7.15. The zero-order valence-corrected chi connectivity index (χ0v) is 9.84. The summed E-state index contributed by atoms with van der Waals surface area (Å²) in [4.78, 5) is 0. The topological polar surface area (TPSA) is 38.1 Å². The Morgan fingerprint density at radius 3 is 2.80 bits per heavy atom. The molecule has 84 valence electrons. The fourth-order valence-corrected chi connectivity index (χ4v) is 1.50. The third-order valence-electron chi connectivity index (χ3n) is 2.61. The number of rotatable bonds is 6. The minimum atomic E-state index is 0.497. The molecule has 0 unspecified atom stereocenters. The first kappa shape index (κ1) is 12.0. The lowest BCUT2D eigenvalue weighted by Gasteiger charge is -2.12. The smallest absolute Gasteiger partial charge is 0.138 e. The standard InChI is InChI=1S/C12H20N2O/c1-5-6-7-9(2)13-8-12-10(3)14-15-11(12)4/h5,9,13H,1,6-8H2,2-4H3/t9-/m0/s1. The Morgan fingerprint density at radius 1 is 1.53 bits per heavy atom. The van der Waals surface area contributed by atoms with Crippen molar-refractivity contribution < 1.29 is 4.52 Å². The van der Waals surface area contributed by atoms with E-state index in [-0.39, 0.29) is 0 Å². The molecule has 0 spiro atoms. The fourth-order valence-electron chi connectivity index (χ4n) is 1.50. The van der Waals surface area contributed by atoms with E-state index in [1.165, 1.54) is 5.56 Å². The van der Waals surface area contributed by atoms with E-state index in [1.54, 1.807) is 0 Å². The lowest BCUT2D eigenvalue weighted by Crippen LogP contribution is -2.25. The summed E-state index contributed by atoms with van der Waals surface area (Å²) >= 11 is 0. The van der Waals surface area contributed by atoms with Crippen molar-refractivity contribution >= 4 is 0 Å². The second-order valence-corrected chi connectivity index (χ2v) is 3.95. The van der Waals surface area contributed by atoms with Crippen molar-refractivity contribution in [3.05, 3.63) is 29.7 Å². The van der Waals surface area contributed by atoms with Crippen LogP contribution in [0.15, 0.2) is 17.2 Å². The zero-order chi connectivity index (χ0) is 11.3. The van der Waals surface area contributed by atoms with Crippen LogP contribution in [-0.4, -0.2) is 11.2 Å². The van der Waals surface area contributed by atoms with Gasteiger partial charge in [0.2, 0.25) is 0 Å². The van der Waals surface area contributed by atoms with Crippen molar-refractivity contribution in [2.45, 2.75) is 46.2 Å². The van der Waals surface area contributed by atoms with Gasteiger partial charge in [-0.3, -0.25) is 0 Å². The molecule has 0 saturated carbocycles. The van der Waals surface area contributed by atoms with Gasteiger partial charge in [0.25, 0.3) is 0 Å². The molecule has 0 aliphatic heterocycles. The van der Waals surface area contributed by atoms with Crippen molar-refractivity contribution in [2.24, 2.45) is 0 Å². The Kier molecular flexibility index (Phi) is 4.56. The first-order valence-electron chi connectivity index (χ1n) is 5.41. The lowest BCUT2D eigenvalue weighted by molar-refractivity contribution is 0.391. The molecule has 0 aliphatic rings. The SMILES string of the molecule is C=CCC[C@H](C)NCc1c(C)noc1C. The van der Waals surface area contributed by atoms with Gasteiger partial charge in [0.05, 0.1) is 5.69 Å². The third kappa shape index (κ3) is 3.51. The van der Waals surface area contributed by atoms with Gasteiger partial charge in [-0.25, -0.2) is 0 Å². The summed E-state index contributed by atoms with van der Waals surface area (Å²) in [6.45, 7) is 10.7. The average molecular weight is 208 g/mol. The van der Waals surface area contributed by atoms with E-state index in [9.17, 15) is 0 Å². The minimum Gasteiger partial charge on any atom is -0.361 e. The highest BCUT2D eigenvalue weighted by Crippen LogP contribution is 2.12. The number of aryl methyl sites for hydroxylation is 2. The van der Waals surface area contributed by atoms with Crippen molar-refractivity contribution in [3.8, 4) is 0 Å². The fraction of sp³-hybridized carbons (Fsp3) is 0.583. The van der Waals surface area contributed by atoms with Crippen molar-refractivity contribution in [1.29, 1.82) is 0 Å². The van der Waals surface area contributed by atoms with E-state index in [0.717, 1.165) is 30.8 Å². The molecule has 0 bridgehead atoms. The highest BCUT2D eigenvalue weighted by atomic mass is 16.5. The van der Waals surface area contributed by atoms with Crippen LogP contribution in [0.25, 0.3) is 0 Å². The minimum absolute atomic E-state index is 0.497. The van der Waals surface area contributed by atoms with Gasteiger partial charge in [-0.15, -0.1) is 6.58 Å². The van der Waals surface area contributed by atoms with Crippen molar-refractivity contribution in [1.82, 2.24) is 10.5 Å². The molecule has 1 aromatic heterocycles. The normalized spacial score (nSPS) is 12.7. The Bertz CT molecular complexity index is 298. The summed E-state index contributed by atoms with van der Waals surface area (Å²) in [5, 5.41) is 7.38. The van der Waals surface area contributed by atoms with Gasteiger partial charge in [0.15, 0.2) is 0 Å². The predicted octanol–water partition coefficient (Wildman–Crippen LogP) is 2.74. The van der Waals surface area contributed by atoms with Gasteiger partial charge in [-0.1, -0.05) is 11.2 Å². The first-order valence-corrected chi connectivity index (χ1v) is 5.41. The molecule has 15 heavy (non-hydrogen) atoms. The van der Waals surface area contributed by atoms with Crippen molar-refractivity contribution in [2.75, 3.05) is 0 Å². The molecule has 0 saturated heterocycles. The van der Waals surface area contributed by atoms with Crippen LogP contribution in [0.2, 0.25) is 0 Å². The number of hydrogen-bond acceptors (Lipinski definition) is 3. The summed E-state index contributed by atoms with van der Waals surface area (Å²) in [5.74, 6) is 0.913. The maximum absolute atomic E-state index is 5.10. The Balaban J connectivity index is 2.39. The molecule has 0 aromatic carbocycles. The van der Waals surface area contributed by atoms with Gasteiger partial charge in [0.1, 0.15) is 5.76 Å². The summed E-state index contributed by atoms with van der Waals surface area (Å²) in [6, 6.07) is 0.497. The predicted molar refractivity (Wildman–Crippen MR) is 61.7 cm³/mol. The highest BCUT2D eigenvalue weighted by Gasteiger charge is 2.09. The number of hydrogen-bond donors (Lipinski definition) is 1. The summed E-state index contributed by atoms with van der Waals surface area (Å²) in [7, 11) is 0. The number of nitrogens with one attached hydrogen (secondary N) is 1. The molecule has 1 rings (SSSR count). The quantitative estimate of drug-likeness (QED) is 0.730. The molecule has 1 N–H and O–H groups in total. The van der Waals surface area contributed by atoms with Crippen LogP contribution in [0.4, 0.5) is 0 Å². The highest BCUT2D eigenvalue weighted by molar-refractivity contribution is 5.20. The number of aromatic nitrogens is 1. The van der Waals surface area contributed by atoms with Gasteiger partial charge in [-0.05, 0) is 33.6 Å². The molecule has 0 fully saturated rings. The van der Waals surface area contributed by atoms with E-state index < -0.39 is 0 Å². The van der Waals surface area contributed by atoms with Crippen LogP contribution in [0.5, 0.6) is 0 Å². The van der Waals surface area contributed by atoms with Crippen LogP contribution in [0.3, 0.4) is 0 Å². The largest absolute Gasteiger partial charge is 0.361 e. The maximum Gasteiger partial charge on any atom is 0.138 e. The molecule has 0 aliphatic carbocycles. The Hall–Kier alpha value is -1.09. The molecule has 0 radical (unpaired) electrons. The maximum atomic E-state index is 5.10. The van der Waals surface area contributed by atoms with Gasteiger partial charge < -0.3 is 9.84 Å². The van der Waals surface area contributed by atoms with Gasteiger partial charge >= 0.3 is 0 Å². The Labute approximate surface area is 91.5 Å². The molecular formula is C12H20N2O. The third-order valence-corrected chi connectivity index (χ3v) is 2.61. The zero-order valence-electron chi connectivity index (χ0n) is 9.84. The monoisotopic (exact) mass is 208 g/mol. The number of nitrogens with zero attached hydrogens (tertiary/aromatic N) is 1. The molecule has 1 aromatic rings. The molecule has 1 atom stereocenters. The van der Waals surface area contributed by atoms with E-state index in [4.69, 9.17) is 4.52 Å². The second-order valence-electron chi connectivity index (χ2n) is 3.95. The Morgan fingerprint density at radius 2 is 2.27 bits per heavy atom. The van der Waals surface area contributed by atoms with Crippen LogP contribution in [0, 0.1) is 13.8 Å². The summed E-state index contributed by atoms with van der Waals surface area (Å²) in [5.41, 5.74) is 2.16. The van der Waals surface area contributed by atoms with Crippen LogP contribution >= 0.6 is 0 Å². The van der Waals surface area contributed by atoms with E-state index in [1.807, 2.05) is 19.9 Å². The van der Waals surface area contributed by atoms with E-state index in [0.29, 0.717) is 6.04 Å². The molecule has 3 heteroatoms. The molecule has 0 amide bonds.